The molecule has 0 spiro atoms. The summed E-state index contributed by atoms with van der Waals surface area (Å²) in [6, 6.07) is 1.17. The van der Waals surface area contributed by atoms with E-state index in [2.05, 4.69) is 5.32 Å². The fraction of sp³-hybridized carbons (Fsp3) is 0.917. The zero-order chi connectivity index (χ0) is 11.0. The molecule has 1 N–H and O–H groups in total. The molecule has 3 aliphatic heterocycles. The number of fused-ring (bicyclic) bond motifs is 2. The smallest absolute Gasteiger partial charge is 0.251 e. The molecule has 3 heterocycles. The van der Waals surface area contributed by atoms with E-state index in [1.54, 1.807) is 0 Å². The highest BCUT2D eigenvalue weighted by atomic mass is 16.5. The van der Waals surface area contributed by atoms with Gasteiger partial charge in [0.15, 0.2) is 0 Å². The lowest BCUT2D eigenvalue weighted by molar-refractivity contribution is -0.141. The Kier molecular flexibility index (Phi) is 2.86. The molecule has 3 atom stereocenters. The summed E-state index contributed by atoms with van der Waals surface area (Å²) in [7, 11) is 0. The standard InChI is InChI=1S/C12H20N2O2/c15-12(11-2-1-7-16-11)14-6-5-9-3-4-10(8-14)13-9/h9-11,13H,1-8H2/t9?,10?,11-/m0/s1. The van der Waals surface area contributed by atoms with Gasteiger partial charge in [-0.05, 0) is 32.1 Å². The second-order valence-electron chi connectivity index (χ2n) is 5.21. The van der Waals surface area contributed by atoms with Gasteiger partial charge >= 0.3 is 0 Å². The van der Waals surface area contributed by atoms with E-state index < -0.39 is 0 Å². The molecular weight excluding hydrogens is 204 g/mol. The van der Waals surface area contributed by atoms with Gasteiger partial charge in [0.1, 0.15) is 6.10 Å². The summed E-state index contributed by atoms with van der Waals surface area (Å²) in [6.45, 7) is 2.55. The van der Waals surface area contributed by atoms with Crippen LogP contribution >= 0.6 is 0 Å². The highest BCUT2D eigenvalue weighted by molar-refractivity contribution is 5.81. The van der Waals surface area contributed by atoms with Crippen LogP contribution in [0.25, 0.3) is 0 Å². The van der Waals surface area contributed by atoms with E-state index >= 15 is 0 Å². The molecule has 3 fully saturated rings. The van der Waals surface area contributed by atoms with E-state index in [9.17, 15) is 4.79 Å². The molecular formula is C12H20N2O2. The number of hydrogen-bond acceptors (Lipinski definition) is 3. The van der Waals surface area contributed by atoms with Gasteiger partial charge in [0.05, 0.1) is 0 Å². The van der Waals surface area contributed by atoms with Crippen molar-refractivity contribution < 1.29 is 9.53 Å². The molecule has 0 aromatic carbocycles. The van der Waals surface area contributed by atoms with E-state index in [0.717, 1.165) is 39.0 Å². The third kappa shape index (κ3) is 1.96. The minimum Gasteiger partial charge on any atom is -0.368 e. The van der Waals surface area contributed by atoms with E-state index in [0.29, 0.717) is 12.1 Å². The zero-order valence-corrected chi connectivity index (χ0v) is 9.65. The summed E-state index contributed by atoms with van der Waals surface area (Å²) < 4.78 is 5.48. The number of likely N-dealkylation sites (tertiary alicyclic amines) is 1. The molecule has 90 valence electrons. The van der Waals surface area contributed by atoms with E-state index in [4.69, 9.17) is 4.74 Å². The van der Waals surface area contributed by atoms with Gasteiger partial charge in [-0.3, -0.25) is 4.79 Å². The Labute approximate surface area is 96.3 Å². The molecule has 16 heavy (non-hydrogen) atoms. The summed E-state index contributed by atoms with van der Waals surface area (Å²) in [5.41, 5.74) is 0. The van der Waals surface area contributed by atoms with Gasteiger partial charge < -0.3 is 15.0 Å². The minimum atomic E-state index is -0.142. The lowest BCUT2D eigenvalue weighted by Gasteiger charge is -2.26. The quantitative estimate of drug-likeness (QED) is 0.706. The van der Waals surface area contributed by atoms with E-state index in [1.807, 2.05) is 4.90 Å². The van der Waals surface area contributed by atoms with Crippen LogP contribution in [0.1, 0.15) is 32.1 Å². The third-order valence-electron chi connectivity index (χ3n) is 4.04. The first-order valence-corrected chi connectivity index (χ1v) is 6.49. The molecule has 1 amide bonds. The Balaban J connectivity index is 1.63. The number of nitrogens with zero attached hydrogens (tertiary/aromatic N) is 1. The van der Waals surface area contributed by atoms with Crippen LogP contribution in [0.2, 0.25) is 0 Å². The topological polar surface area (TPSA) is 41.6 Å². The first kappa shape index (κ1) is 10.5. The second-order valence-corrected chi connectivity index (χ2v) is 5.21. The Morgan fingerprint density at radius 1 is 1.19 bits per heavy atom. The zero-order valence-electron chi connectivity index (χ0n) is 9.65. The van der Waals surface area contributed by atoms with Gasteiger partial charge in [0.2, 0.25) is 0 Å². The van der Waals surface area contributed by atoms with Crippen LogP contribution in [-0.2, 0) is 9.53 Å². The SMILES string of the molecule is O=C([C@@H]1CCCO1)N1CCC2CCC(C1)N2. The van der Waals surface area contributed by atoms with Gasteiger partial charge in [-0.1, -0.05) is 0 Å². The maximum atomic E-state index is 12.2. The van der Waals surface area contributed by atoms with Crippen LogP contribution in [-0.4, -0.2) is 48.7 Å². The summed E-state index contributed by atoms with van der Waals surface area (Å²) in [4.78, 5) is 14.2. The summed E-state index contributed by atoms with van der Waals surface area (Å²) >= 11 is 0. The summed E-state index contributed by atoms with van der Waals surface area (Å²) in [5, 5.41) is 3.59. The highest BCUT2D eigenvalue weighted by Gasteiger charge is 2.34. The maximum absolute atomic E-state index is 12.2. The Morgan fingerprint density at radius 2 is 2.06 bits per heavy atom. The second kappa shape index (κ2) is 4.34. The van der Waals surface area contributed by atoms with Crippen LogP contribution < -0.4 is 5.32 Å². The average Bonchev–Trinajstić information content (AvgIpc) is 2.87. The van der Waals surface area contributed by atoms with Gasteiger partial charge in [-0.15, -0.1) is 0 Å². The number of ether oxygens (including phenoxy) is 1. The number of hydrogen-bond donors (Lipinski definition) is 1. The molecule has 4 heteroatoms. The molecule has 0 saturated carbocycles. The Hall–Kier alpha value is -0.610. The number of amides is 1. The van der Waals surface area contributed by atoms with Crippen molar-refractivity contribution in [3.63, 3.8) is 0 Å². The van der Waals surface area contributed by atoms with Crippen LogP contribution in [0.3, 0.4) is 0 Å². The lowest BCUT2D eigenvalue weighted by Crippen LogP contribution is -2.43. The molecule has 3 saturated heterocycles. The van der Waals surface area contributed by atoms with Gasteiger partial charge in [0.25, 0.3) is 5.91 Å². The van der Waals surface area contributed by atoms with Crippen LogP contribution in [0.4, 0.5) is 0 Å². The fourth-order valence-electron chi connectivity index (χ4n) is 3.12. The molecule has 3 rings (SSSR count). The molecule has 3 aliphatic rings. The molecule has 0 aromatic heterocycles. The third-order valence-corrected chi connectivity index (χ3v) is 4.04. The summed E-state index contributed by atoms with van der Waals surface area (Å²) in [5.74, 6) is 0.229. The van der Waals surface area contributed by atoms with Crippen molar-refractivity contribution in [2.75, 3.05) is 19.7 Å². The molecule has 2 unspecified atom stereocenters. The van der Waals surface area contributed by atoms with Crippen molar-refractivity contribution in [2.24, 2.45) is 0 Å². The molecule has 2 bridgehead atoms. The monoisotopic (exact) mass is 224 g/mol. The van der Waals surface area contributed by atoms with Crippen molar-refractivity contribution in [3.8, 4) is 0 Å². The van der Waals surface area contributed by atoms with Crippen molar-refractivity contribution in [1.29, 1.82) is 0 Å². The molecule has 4 nitrogen and oxygen atoms in total. The summed E-state index contributed by atoms with van der Waals surface area (Å²) in [6.07, 6.45) is 5.42. The normalized spacial score (nSPS) is 38.8. The van der Waals surface area contributed by atoms with E-state index in [-0.39, 0.29) is 12.0 Å². The van der Waals surface area contributed by atoms with Crippen molar-refractivity contribution in [3.05, 3.63) is 0 Å². The molecule has 0 aromatic rings. The Bertz CT molecular complexity index is 276. The van der Waals surface area contributed by atoms with Crippen molar-refractivity contribution in [1.82, 2.24) is 10.2 Å². The number of carbonyl (C=O) groups is 1. The van der Waals surface area contributed by atoms with Gasteiger partial charge in [-0.25, -0.2) is 0 Å². The van der Waals surface area contributed by atoms with Crippen LogP contribution in [0, 0.1) is 0 Å². The highest BCUT2D eigenvalue weighted by Crippen LogP contribution is 2.22. The van der Waals surface area contributed by atoms with Gasteiger partial charge in [-0.2, -0.15) is 0 Å². The van der Waals surface area contributed by atoms with Crippen molar-refractivity contribution >= 4 is 5.91 Å². The molecule has 0 radical (unpaired) electrons. The number of nitrogens with one attached hydrogen (secondary N) is 1. The minimum absolute atomic E-state index is 0.142. The largest absolute Gasteiger partial charge is 0.368 e. The molecule has 0 aliphatic carbocycles. The van der Waals surface area contributed by atoms with Crippen LogP contribution in [0.15, 0.2) is 0 Å². The predicted octanol–water partition coefficient (Wildman–Crippen LogP) is 0.518. The number of rotatable bonds is 1. The predicted molar refractivity (Wildman–Crippen MR) is 60.1 cm³/mol. The van der Waals surface area contributed by atoms with E-state index in [1.165, 1.54) is 12.8 Å². The van der Waals surface area contributed by atoms with Crippen molar-refractivity contribution in [2.45, 2.75) is 50.3 Å². The van der Waals surface area contributed by atoms with Crippen LogP contribution in [0.5, 0.6) is 0 Å². The Morgan fingerprint density at radius 3 is 2.88 bits per heavy atom. The van der Waals surface area contributed by atoms with Gasteiger partial charge in [0, 0.05) is 31.8 Å². The maximum Gasteiger partial charge on any atom is 0.251 e. The average molecular weight is 224 g/mol. The first-order chi connectivity index (χ1) is 7.83. The first-order valence-electron chi connectivity index (χ1n) is 6.49. The lowest BCUT2D eigenvalue weighted by atomic mass is 10.1. The number of carbonyl (C=O) groups excluding carboxylic acids is 1. The fourth-order valence-corrected chi connectivity index (χ4v) is 3.12.